The molecule has 5 rings (SSSR count). The normalized spacial score (nSPS) is 40.4. The molecule has 3 saturated carbocycles. The topological polar surface area (TPSA) is 27.3 Å². The summed E-state index contributed by atoms with van der Waals surface area (Å²) in [4.78, 5) is 3.33. The van der Waals surface area contributed by atoms with Gasteiger partial charge >= 0.3 is 0 Å². The van der Waals surface area contributed by atoms with E-state index in [2.05, 4.69) is 14.1 Å². The Labute approximate surface area is 169 Å². The Bertz CT molecular complexity index is 309. The van der Waals surface area contributed by atoms with Gasteiger partial charge in [0.25, 0.3) is 0 Å². The quantitative estimate of drug-likeness (QED) is 0.301. The van der Waals surface area contributed by atoms with E-state index < -0.39 is 0 Å². The van der Waals surface area contributed by atoms with Crippen molar-refractivity contribution < 1.29 is 67.2 Å². The maximum atomic E-state index is 5.97. The lowest BCUT2D eigenvalue weighted by atomic mass is 9.65. The number of hydrogen-bond acceptors (Lipinski definition) is 2. The van der Waals surface area contributed by atoms with Crippen molar-refractivity contribution in [1.29, 1.82) is 0 Å². The van der Waals surface area contributed by atoms with Crippen LogP contribution in [0.3, 0.4) is 0 Å². The van der Waals surface area contributed by atoms with Crippen LogP contribution in [0.15, 0.2) is 0 Å². The second-order valence-corrected chi connectivity index (χ2v) is 7.20. The highest BCUT2D eigenvalue weighted by atomic mass is 127. The maximum absolute atomic E-state index is 5.97. The fourth-order valence-electron chi connectivity index (χ4n) is 4.56. The molecule has 2 N–H and O–H groups in total. The summed E-state index contributed by atoms with van der Waals surface area (Å²) in [6, 6.07) is 0.848. The van der Waals surface area contributed by atoms with Crippen molar-refractivity contribution in [3.05, 3.63) is 0 Å². The lowest BCUT2D eigenvalue weighted by Crippen LogP contribution is -3.17. The molecule has 3 atom stereocenters. The number of ether oxygens (including phenoxy) is 2. The Kier molecular flexibility index (Phi) is 10.0. The van der Waals surface area contributed by atoms with Crippen molar-refractivity contribution in [3.8, 4) is 0 Å². The van der Waals surface area contributed by atoms with E-state index in [0.29, 0.717) is 6.10 Å². The molecule has 132 valence electrons. The van der Waals surface area contributed by atoms with Gasteiger partial charge < -0.3 is 67.2 Å². The Morgan fingerprint density at radius 3 is 1.86 bits per heavy atom. The van der Waals surface area contributed by atoms with Gasteiger partial charge in [0.1, 0.15) is 31.8 Å². The predicted molar refractivity (Wildman–Crippen MR) is 78.2 cm³/mol. The second-order valence-electron chi connectivity index (χ2n) is 7.20. The SMILES string of the molecule is C[NH+]1CCOC2C3CCC(CC3)C21.C[NH+]1CCOCC1.[I-].[I-]. The van der Waals surface area contributed by atoms with Gasteiger partial charge in [0.15, 0.2) is 0 Å². The third-order valence-corrected chi connectivity index (χ3v) is 5.87. The average Bonchev–Trinajstić information content (AvgIpc) is 2.50. The van der Waals surface area contributed by atoms with Gasteiger partial charge in [-0.2, -0.15) is 0 Å². The molecule has 2 aliphatic heterocycles. The largest absolute Gasteiger partial charge is 1.00 e. The van der Waals surface area contributed by atoms with Crippen LogP contribution in [0.5, 0.6) is 0 Å². The highest BCUT2D eigenvalue weighted by molar-refractivity contribution is 4.94. The Morgan fingerprint density at radius 2 is 1.36 bits per heavy atom. The van der Waals surface area contributed by atoms with Crippen LogP contribution in [0.1, 0.15) is 25.7 Å². The van der Waals surface area contributed by atoms with Gasteiger partial charge in [-0.15, -0.1) is 0 Å². The summed E-state index contributed by atoms with van der Waals surface area (Å²) in [6.07, 6.45) is 6.47. The van der Waals surface area contributed by atoms with Crippen LogP contribution >= 0.6 is 0 Å². The van der Waals surface area contributed by atoms with Crippen LogP contribution < -0.4 is 57.8 Å². The minimum absolute atomic E-state index is 0. The van der Waals surface area contributed by atoms with E-state index in [0.717, 1.165) is 37.7 Å². The van der Waals surface area contributed by atoms with Gasteiger partial charge in [0.2, 0.25) is 0 Å². The van der Waals surface area contributed by atoms with Gasteiger partial charge in [0, 0.05) is 5.92 Å². The average molecular weight is 538 g/mol. The van der Waals surface area contributed by atoms with E-state index in [1.165, 1.54) is 45.3 Å². The molecule has 0 aromatic rings. The fourth-order valence-corrected chi connectivity index (χ4v) is 4.56. The third-order valence-electron chi connectivity index (χ3n) is 5.87. The first-order chi connectivity index (χ1) is 9.75. The van der Waals surface area contributed by atoms with Gasteiger partial charge in [-0.1, -0.05) is 0 Å². The standard InChI is InChI=1S/C11H19NO.C5H11NO.2HI/c1-12-6-7-13-11-9-4-2-8(3-5-9)10(11)12;1-6-2-4-7-5-3-6;;/h8-11H,2-7H2,1H3;2-5H2,1H3;2*1H. The van der Waals surface area contributed by atoms with Crippen LogP contribution in [0.4, 0.5) is 0 Å². The summed E-state index contributed by atoms with van der Waals surface area (Å²) in [5.74, 6) is 1.89. The summed E-state index contributed by atoms with van der Waals surface area (Å²) in [7, 11) is 4.56. The molecule has 0 amide bonds. The maximum Gasteiger partial charge on any atom is 0.117 e. The lowest BCUT2D eigenvalue weighted by Gasteiger charge is -2.51. The zero-order valence-electron chi connectivity index (χ0n) is 14.0. The first-order valence-corrected chi connectivity index (χ1v) is 8.58. The van der Waals surface area contributed by atoms with Crippen LogP contribution in [0.25, 0.3) is 0 Å². The molecule has 3 unspecified atom stereocenters. The summed E-state index contributed by atoms with van der Waals surface area (Å²) in [5, 5.41) is 0. The van der Waals surface area contributed by atoms with Crippen LogP contribution in [-0.2, 0) is 9.47 Å². The number of hydrogen-bond donors (Lipinski definition) is 2. The smallest absolute Gasteiger partial charge is 0.117 e. The molecular weight excluding hydrogens is 506 g/mol. The second kappa shape index (κ2) is 10.3. The summed E-state index contributed by atoms with van der Waals surface area (Å²) >= 11 is 0. The Morgan fingerprint density at radius 1 is 0.773 bits per heavy atom. The number of quaternary nitrogens is 2. The van der Waals surface area contributed by atoms with Crippen LogP contribution in [0.2, 0.25) is 0 Å². The fraction of sp³-hybridized carbons (Fsp3) is 1.00. The molecule has 4 nitrogen and oxygen atoms in total. The molecule has 5 fully saturated rings. The van der Waals surface area contributed by atoms with Crippen LogP contribution in [-0.4, -0.2) is 65.7 Å². The van der Waals surface area contributed by atoms with E-state index >= 15 is 0 Å². The van der Waals surface area contributed by atoms with Gasteiger partial charge in [0.05, 0.1) is 33.9 Å². The zero-order valence-corrected chi connectivity index (χ0v) is 18.3. The molecule has 22 heavy (non-hydrogen) atoms. The molecular formula is C16H32I2N2O2. The molecule has 2 heterocycles. The van der Waals surface area contributed by atoms with E-state index in [1.807, 2.05) is 0 Å². The van der Waals surface area contributed by atoms with Crippen molar-refractivity contribution in [2.24, 2.45) is 11.8 Å². The number of likely N-dealkylation sites (N-methyl/N-ethyl adjacent to an activating group) is 2. The number of morpholine rings is 2. The van der Waals surface area contributed by atoms with E-state index in [1.54, 1.807) is 9.80 Å². The highest BCUT2D eigenvalue weighted by Crippen LogP contribution is 2.42. The molecule has 0 aromatic carbocycles. The van der Waals surface area contributed by atoms with Crippen molar-refractivity contribution in [2.75, 3.05) is 53.6 Å². The first kappa shape index (κ1) is 21.3. The first-order valence-electron chi connectivity index (χ1n) is 8.58. The Hall–Kier alpha value is 1.30. The molecule has 6 heteroatoms. The van der Waals surface area contributed by atoms with Crippen LogP contribution in [0, 0.1) is 11.8 Å². The molecule has 2 bridgehead atoms. The number of rotatable bonds is 0. The van der Waals surface area contributed by atoms with Gasteiger partial charge in [-0.3, -0.25) is 0 Å². The molecule has 0 aromatic heterocycles. The Balaban J connectivity index is 0.000000235. The molecule has 3 aliphatic carbocycles. The summed E-state index contributed by atoms with van der Waals surface area (Å²) in [5.41, 5.74) is 0. The lowest BCUT2D eigenvalue weighted by molar-refractivity contribution is -0.926. The van der Waals surface area contributed by atoms with Gasteiger partial charge in [-0.05, 0) is 31.6 Å². The summed E-state index contributed by atoms with van der Waals surface area (Å²) < 4.78 is 11.1. The van der Waals surface area contributed by atoms with Crippen molar-refractivity contribution >= 4 is 0 Å². The van der Waals surface area contributed by atoms with E-state index in [4.69, 9.17) is 9.47 Å². The highest BCUT2D eigenvalue weighted by Gasteiger charge is 2.50. The minimum Gasteiger partial charge on any atom is -1.00 e. The van der Waals surface area contributed by atoms with Gasteiger partial charge in [-0.25, -0.2) is 0 Å². The minimum atomic E-state index is 0. The predicted octanol–water partition coefficient (Wildman–Crippen LogP) is -7.37. The summed E-state index contributed by atoms with van der Waals surface area (Å²) in [6.45, 7) is 6.48. The zero-order chi connectivity index (χ0) is 13.9. The number of halogens is 2. The number of fused-ring (bicyclic) bond motifs is 2. The molecule has 0 spiro atoms. The third kappa shape index (κ3) is 5.15. The van der Waals surface area contributed by atoms with E-state index in [9.17, 15) is 0 Å². The van der Waals surface area contributed by atoms with Crippen molar-refractivity contribution in [2.45, 2.75) is 37.8 Å². The van der Waals surface area contributed by atoms with E-state index in [-0.39, 0.29) is 48.0 Å². The van der Waals surface area contributed by atoms with Crippen molar-refractivity contribution in [3.63, 3.8) is 0 Å². The van der Waals surface area contributed by atoms with Crippen molar-refractivity contribution in [1.82, 2.24) is 0 Å². The molecule has 5 aliphatic rings. The molecule has 2 saturated heterocycles. The monoisotopic (exact) mass is 538 g/mol. The molecule has 0 radical (unpaired) electrons. The number of nitrogens with one attached hydrogen (secondary N) is 2.